The molecule has 8 nitrogen and oxygen atoms in total. The second-order valence-corrected chi connectivity index (χ2v) is 9.24. The first-order valence-corrected chi connectivity index (χ1v) is 11.2. The normalized spacial score (nSPS) is 18.4. The van der Waals surface area contributed by atoms with Gasteiger partial charge in [-0.1, -0.05) is 0 Å². The lowest BCUT2D eigenvalue weighted by Crippen LogP contribution is -2.34. The lowest BCUT2D eigenvalue weighted by Gasteiger charge is -2.10. The fourth-order valence-corrected chi connectivity index (χ4v) is 5.05. The number of hydrogen-bond donors (Lipinski definition) is 2. The molecule has 1 fully saturated rings. The van der Waals surface area contributed by atoms with E-state index >= 15 is 0 Å². The first kappa shape index (κ1) is 18.7. The van der Waals surface area contributed by atoms with E-state index in [2.05, 4.69) is 30.6 Å². The van der Waals surface area contributed by atoms with Crippen LogP contribution in [-0.4, -0.2) is 38.4 Å². The van der Waals surface area contributed by atoms with Crippen molar-refractivity contribution in [2.24, 2.45) is 0 Å². The molecular weight excluding hydrogens is 436 g/mol. The zero-order chi connectivity index (χ0) is 21.1. The van der Waals surface area contributed by atoms with Gasteiger partial charge in [0.1, 0.15) is 4.88 Å². The van der Waals surface area contributed by atoms with Gasteiger partial charge in [-0.3, -0.25) is 4.79 Å². The number of amides is 1. The van der Waals surface area contributed by atoms with Crippen LogP contribution < -0.4 is 15.4 Å². The molecule has 2 aliphatic rings. The quantitative estimate of drug-likeness (QED) is 0.441. The fourth-order valence-electron chi connectivity index (χ4n) is 3.79. The molecule has 1 atom stereocenters. The van der Waals surface area contributed by atoms with E-state index in [1.807, 2.05) is 19.1 Å². The number of ether oxygens (including phenoxy) is 1. The molecule has 6 rings (SSSR count). The first-order valence-electron chi connectivity index (χ1n) is 10.0. The zero-order valence-electron chi connectivity index (χ0n) is 16.5. The van der Waals surface area contributed by atoms with Gasteiger partial charge in [-0.05, 0) is 43.5 Å². The summed E-state index contributed by atoms with van der Waals surface area (Å²) in [5.41, 5.74) is 3.10. The fraction of sp³-hybridized carbons (Fsp3) is 0.286. The summed E-state index contributed by atoms with van der Waals surface area (Å²) in [7, 11) is 0. The molecule has 0 saturated heterocycles. The number of nitrogens with one attached hydrogen (secondary N) is 2. The van der Waals surface area contributed by atoms with Crippen LogP contribution in [0.25, 0.3) is 21.1 Å². The SMILES string of the molecule is C[C@@H]1CNc2c(sc3ccc4nc(Oc5cc(C6CC6)nc(Cl)n5)cnc4c23)C(=O)N1. The third-order valence-corrected chi connectivity index (χ3v) is 6.73. The highest BCUT2D eigenvalue weighted by Gasteiger charge is 2.27. The summed E-state index contributed by atoms with van der Waals surface area (Å²) in [6.07, 6.45) is 3.78. The molecule has 0 unspecified atom stereocenters. The topological polar surface area (TPSA) is 102 Å². The van der Waals surface area contributed by atoms with E-state index in [9.17, 15) is 4.79 Å². The molecule has 31 heavy (non-hydrogen) atoms. The van der Waals surface area contributed by atoms with Gasteiger partial charge in [0, 0.05) is 34.7 Å². The largest absolute Gasteiger partial charge is 0.419 e. The van der Waals surface area contributed by atoms with Crippen LogP contribution in [0.1, 0.15) is 41.0 Å². The molecule has 1 amide bonds. The summed E-state index contributed by atoms with van der Waals surface area (Å²) in [4.78, 5) is 30.9. The third-order valence-electron chi connectivity index (χ3n) is 5.41. The highest BCUT2D eigenvalue weighted by Crippen LogP contribution is 2.41. The van der Waals surface area contributed by atoms with Crippen molar-refractivity contribution in [3.05, 3.63) is 40.3 Å². The summed E-state index contributed by atoms with van der Waals surface area (Å²) in [5, 5.41) is 7.46. The number of fused-ring (bicyclic) bond motifs is 5. The molecule has 4 heterocycles. The molecule has 2 N–H and O–H groups in total. The number of anilines is 1. The molecule has 10 heteroatoms. The molecule has 0 radical (unpaired) electrons. The maximum Gasteiger partial charge on any atom is 0.263 e. The Morgan fingerprint density at radius 1 is 1.19 bits per heavy atom. The minimum atomic E-state index is -0.0677. The Balaban J connectivity index is 1.41. The number of aromatic nitrogens is 4. The van der Waals surface area contributed by atoms with E-state index in [1.54, 1.807) is 12.3 Å². The summed E-state index contributed by atoms with van der Waals surface area (Å²) in [6, 6.07) is 5.70. The van der Waals surface area contributed by atoms with Crippen molar-refractivity contribution >= 4 is 55.7 Å². The van der Waals surface area contributed by atoms with Crippen molar-refractivity contribution in [1.29, 1.82) is 0 Å². The van der Waals surface area contributed by atoms with E-state index in [1.165, 1.54) is 11.3 Å². The van der Waals surface area contributed by atoms with Gasteiger partial charge in [0.15, 0.2) is 0 Å². The van der Waals surface area contributed by atoms with Crippen LogP contribution in [-0.2, 0) is 0 Å². The summed E-state index contributed by atoms with van der Waals surface area (Å²) >= 11 is 7.51. The Kier molecular flexibility index (Phi) is 4.22. The van der Waals surface area contributed by atoms with Crippen LogP contribution >= 0.6 is 22.9 Å². The van der Waals surface area contributed by atoms with Crippen LogP contribution in [0.5, 0.6) is 11.8 Å². The van der Waals surface area contributed by atoms with Crippen LogP contribution in [0.15, 0.2) is 24.4 Å². The molecular formula is C21H17ClN6O2S. The maximum atomic E-state index is 12.6. The second-order valence-electron chi connectivity index (χ2n) is 7.85. The number of rotatable bonds is 3. The number of nitrogens with zero attached hydrogens (tertiary/aromatic N) is 4. The van der Waals surface area contributed by atoms with Crippen LogP contribution in [0, 0.1) is 0 Å². The van der Waals surface area contributed by atoms with E-state index in [0.29, 0.717) is 34.6 Å². The Labute approximate surface area is 186 Å². The minimum absolute atomic E-state index is 0.0448. The Morgan fingerprint density at radius 2 is 2.06 bits per heavy atom. The van der Waals surface area contributed by atoms with Crippen LogP contribution in [0.4, 0.5) is 5.69 Å². The Bertz CT molecular complexity index is 1370. The Morgan fingerprint density at radius 3 is 2.90 bits per heavy atom. The monoisotopic (exact) mass is 452 g/mol. The highest BCUT2D eigenvalue weighted by atomic mass is 35.5. The molecule has 1 aliphatic carbocycles. The first-order chi connectivity index (χ1) is 15.0. The number of halogens is 1. The van der Waals surface area contributed by atoms with E-state index in [-0.39, 0.29) is 17.2 Å². The van der Waals surface area contributed by atoms with Gasteiger partial charge in [-0.25, -0.2) is 15.0 Å². The lowest BCUT2D eigenvalue weighted by atomic mass is 10.1. The van der Waals surface area contributed by atoms with Gasteiger partial charge >= 0.3 is 0 Å². The summed E-state index contributed by atoms with van der Waals surface area (Å²) in [5.74, 6) is 1.04. The maximum absolute atomic E-state index is 12.6. The molecule has 1 aliphatic heterocycles. The summed E-state index contributed by atoms with van der Waals surface area (Å²) < 4.78 is 6.84. The van der Waals surface area contributed by atoms with Gasteiger partial charge in [-0.2, -0.15) is 4.98 Å². The molecule has 3 aromatic heterocycles. The molecule has 0 bridgehead atoms. The van der Waals surface area contributed by atoms with Crippen molar-refractivity contribution in [2.45, 2.75) is 31.7 Å². The average molecular weight is 453 g/mol. The van der Waals surface area contributed by atoms with Gasteiger partial charge in [0.25, 0.3) is 5.91 Å². The number of carbonyl (C=O) groups excluding carboxylic acids is 1. The average Bonchev–Trinajstić information content (AvgIpc) is 3.53. The number of thiophene rings is 1. The lowest BCUT2D eigenvalue weighted by molar-refractivity contribution is 0.0949. The van der Waals surface area contributed by atoms with E-state index in [4.69, 9.17) is 16.3 Å². The third kappa shape index (κ3) is 3.34. The van der Waals surface area contributed by atoms with Crippen LogP contribution in [0.3, 0.4) is 0 Å². The van der Waals surface area contributed by atoms with Crippen molar-refractivity contribution in [2.75, 3.05) is 11.9 Å². The predicted octanol–water partition coefficient (Wildman–Crippen LogP) is 4.50. The Hall–Kier alpha value is -3.04. The zero-order valence-corrected chi connectivity index (χ0v) is 18.0. The van der Waals surface area contributed by atoms with Crippen LogP contribution in [0.2, 0.25) is 5.28 Å². The van der Waals surface area contributed by atoms with Gasteiger partial charge in [0.05, 0.1) is 28.6 Å². The van der Waals surface area contributed by atoms with Crippen molar-refractivity contribution in [3.63, 3.8) is 0 Å². The standard InChI is InChI=1S/C21H17ClN6O2S/c1-9-7-23-18-16-13(31-19(18)20(29)25-9)5-4-11-17(16)24-8-15(26-11)30-14-6-12(10-2-3-10)27-21(22)28-14/h4-6,8-10,23H,2-3,7H2,1H3,(H,25,29)/t9-/m1/s1. The smallest absolute Gasteiger partial charge is 0.263 e. The molecule has 4 aromatic rings. The molecule has 156 valence electrons. The molecule has 1 aromatic carbocycles. The van der Waals surface area contributed by atoms with Gasteiger partial charge < -0.3 is 15.4 Å². The predicted molar refractivity (Wildman–Crippen MR) is 119 cm³/mol. The van der Waals surface area contributed by atoms with Crippen molar-refractivity contribution < 1.29 is 9.53 Å². The second kappa shape index (κ2) is 7.00. The number of benzene rings is 1. The van der Waals surface area contributed by atoms with Gasteiger partial charge in [0.2, 0.25) is 17.0 Å². The minimum Gasteiger partial charge on any atom is -0.419 e. The van der Waals surface area contributed by atoms with Crippen molar-refractivity contribution in [1.82, 2.24) is 25.3 Å². The van der Waals surface area contributed by atoms with Gasteiger partial charge in [-0.15, -0.1) is 11.3 Å². The highest BCUT2D eigenvalue weighted by molar-refractivity contribution is 7.21. The number of carbonyl (C=O) groups is 1. The van der Waals surface area contributed by atoms with E-state index < -0.39 is 0 Å². The van der Waals surface area contributed by atoms with E-state index in [0.717, 1.165) is 39.8 Å². The molecule has 1 saturated carbocycles. The number of hydrogen-bond acceptors (Lipinski definition) is 8. The summed E-state index contributed by atoms with van der Waals surface area (Å²) in [6.45, 7) is 2.62. The molecule has 0 spiro atoms. The van der Waals surface area contributed by atoms with Crippen molar-refractivity contribution in [3.8, 4) is 11.8 Å².